The molecule has 1 amide bonds. The number of carbonyl (C=O) groups is 1. The van der Waals surface area contributed by atoms with Crippen molar-refractivity contribution in [2.75, 3.05) is 18.4 Å². The molecule has 8 nitrogen and oxygen atoms in total. The largest absolute Gasteiger partial charge is 0.393 e. The summed E-state index contributed by atoms with van der Waals surface area (Å²) in [5.74, 6) is -0.161. The smallest absolute Gasteiger partial charge is 0.276 e. The van der Waals surface area contributed by atoms with Crippen LogP contribution < -0.4 is 15.9 Å². The van der Waals surface area contributed by atoms with Gasteiger partial charge in [-0.25, -0.2) is 0 Å². The van der Waals surface area contributed by atoms with Crippen LogP contribution in [0.3, 0.4) is 0 Å². The number of amides is 1. The summed E-state index contributed by atoms with van der Waals surface area (Å²) >= 11 is 0. The average molecular weight is 521 g/mol. The number of H-pyrrole nitrogens is 1. The van der Waals surface area contributed by atoms with Crippen molar-refractivity contribution in [3.8, 4) is 0 Å². The third-order valence-electron chi connectivity index (χ3n) is 7.51. The number of nitrogens with zero attached hydrogens (tertiary/aromatic N) is 4. The number of likely N-dealkylation sites (tertiary alicyclic amines) is 1. The molecule has 1 fully saturated rings. The number of carbonyl (C=O) groups excluding carboxylic acids is 1. The predicted octanol–water partition coefficient (Wildman–Crippen LogP) is 2.75. The van der Waals surface area contributed by atoms with Gasteiger partial charge in [-0.2, -0.15) is 5.10 Å². The molecule has 1 aliphatic heterocycles. The van der Waals surface area contributed by atoms with Crippen LogP contribution in [0.5, 0.6) is 0 Å². The van der Waals surface area contributed by atoms with Gasteiger partial charge >= 0.3 is 0 Å². The van der Waals surface area contributed by atoms with Gasteiger partial charge in [0.05, 0.1) is 23.3 Å². The normalized spacial score (nSPS) is 17.6. The summed E-state index contributed by atoms with van der Waals surface area (Å²) in [6.07, 6.45) is 12.7. The van der Waals surface area contributed by atoms with Crippen molar-refractivity contribution in [3.63, 3.8) is 0 Å². The van der Waals surface area contributed by atoms with E-state index in [1.165, 1.54) is 5.56 Å². The van der Waals surface area contributed by atoms with Crippen LogP contribution in [0.15, 0.2) is 67.1 Å². The maximum Gasteiger partial charge on any atom is 0.276 e. The second-order valence-electron chi connectivity index (χ2n) is 10.4. The molecule has 0 spiro atoms. The number of anilines is 1. The highest BCUT2D eigenvalue weighted by Crippen LogP contribution is 2.24. The first-order chi connectivity index (χ1) is 19.1. The fourth-order valence-corrected chi connectivity index (χ4v) is 5.34. The number of piperidine rings is 1. The summed E-state index contributed by atoms with van der Waals surface area (Å²) in [6.45, 7) is 2.63. The van der Waals surface area contributed by atoms with E-state index in [0.29, 0.717) is 11.4 Å². The van der Waals surface area contributed by atoms with Crippen LogP contribution >= 0.6 is 0 Å². The van der Waals surface area contributed by atoms with Gasteiger partial charge in [-0.3, -0.25) is 24.8 Å². The first-order valence-corrected chi connectivity index (χ1v) is 13.5. The van der Waals surface area contributed by atoms with E-state index in [-0.39, 0.29) is 17.9 Å². The quantitative estimate of drug-likeness (QED) is 0.346. The Labute approximate surface area is 227 Å². The second-order valence-corrected chi connectivity index (χ2v) is 10.4. The molecule has 0 radical (unpaired) electrons. The van der Waals surface area contributed by atoms with Crippen molar-refractivity contribution >= 4 is 23.7 Å². The van der Waals surface area contributed by atoms with Gasteiger partial charge in [0.2, 0.25) is 0 Å². The van der Waals surface area contributed by atoms with Gasteiger partial charge < -0.3 is 10.4 Å². The molecule has 1 saturated heterocycles. The Balaban J connectivity index is 1.15. The van der Waals surface area contributed by atoms with Gasteiger partial charge in [0.15, 0.2) is 5.69 Å². The summed E-state index contributed by atoms with van der Waals surface area (Å²) in [5, 5.41) is 21.8. The molecule has 8 heteroatoms. The molecule has 3 N–H and O–H groups in total. The van der Waals surface area contributed by atoms with E-state index in [9.17, 15) is 9.90 Å². The molecule has 3 aromatic heterocycles. The first kappa shape index (κ1) is 25.2. The van der Waals surface area contributed by atoms with E-state index in [2.05, 4.69) is 60.7 Å². The van der Waals surface area contributed by atoms with Crippen LogP contribution in [0.1, 0.15) is 58.1 Å². The Morgan fingerprint density at radius 3 is 2.69 bits per heavy atom. The molecule has 198 valence electrons. The van der Waals surface area contributed by atoms with Crippen molar-refractivity contribution in [1.29, 1.82) is 0 Å². The van der Waals surface area contributed by atoms with Gasteiger partial charge in [0, 0.05) is 55.3 Å². The predicted molar refractivity (Wildman–Crippen MR) is 150 cm³/mol. The van der Waals surface area contributed by atoms with E-state index < -0.39 is 0 Å². The second kappa shape index (κ2) is 11.3. The molecule has 6 rings (SSSR count). The maximum atomic E-state index is 13.2. The molecule has 0 saturated carbocycles. The monoisotopic (exact) mass is 520 g/mol. The lowest BCUT2D eigenvalue weighted by atomic mass is 9.92. The highest BCUT2D eigenvalue weighted by atomic mass is 16.3. The summed E-state index contributed by atoms with van der Waals surface area (Å²) in [4.78, 5) is 24.6. The Bertz CT molecular complexity index is 1560. The SMILES string of the molecule is O=C(Nc1ccc(Cc2ccccc2)nc1)c1n[nH]c2c1=CC(c1cncc(CN3CCC(O)CC3)c1)CC=2. The molecule has 39 heavy (non-hydrogen) atoms. The number of nitrogens with one attached hydrogen (secondary N) is 2. The van der Waals surface area contributed by atoms with Crippen LogP contribution in [-0.2, 0) is 13.0 Å². The molecule has 1 atom stereocenters. The van der Waals surface area contributed by atoms with Crippen molar-refractivity contribution in [1.82, 2.24) is 25.1 Å². The van der Waals surface area contributed by atoms with Gasteiger partial charge in [-0.05, 0) is 48.1 Å². The number of fused-ring (bicyclic) bond motifs is 1. The van der Waals surface area contributed by atoms with E-state index in [0.717, 1.165) is 72.7 Å². The van der Waals surface area contributed by atoms with Crippen LogP contribution in [0.4, 0.5) is 5.69 Å². The van der Waals surface area contributed by atoms with E-state index in [1.54, 1.807) is 6.20 Å². The summed E-state index contributed by atoms with van der Waals surface area (Å²) in [7, 11) is 0. The van der Waals surface area contributed by atoms with E-state index >= 15 is 0 Å². The fourth-order valence-electron chi connectivity index (χ4n) is 5.34. The highest BCUT2D eigenvalue weighted by molar-refractivity contribution is 6.03. The lowest BCUT2D eigenvalue weighted by Crippen LogP contribution is -2.35. The average Bonchev–Trinajstić information content (AvgIpc) is 3.40. The Morgan fingerprint density at radius 2 is 1.90 bits per heavy atom. The maximum absolute atomic E-state index is 13.2. The Kier molecular flexibility index (Phi) is 7.29. The van der Waals surface area contributed by atoms with Gasteiger partial charge in [0.25, 0.3) is 5.91 Å². The van der Waals surface area contributed by atoms with Gasteiger partial charge in [0.1, 0.15) is 0 Å². The number of hydrogen-bond acceptors (Lipinski definition) is 6. The minimum atomic E-state index is -0.269. The molecule has 2 aliphatic rings. The highest BCUT2D eigenvalue weighted by Gasteiger charge is 2.20. The molecule has 0 bridgehead atoms. The zero-order chi connectivity index (χ0) is 26.6. The van der Waals surface area contributed by atoms with E-state index in [1.807, 2.05) is 42.7 Å². The van der Waals surface area contributed by atoms with Crippen molar-refractivity contribution in [3.05, 3.63) is 106 Å². The molecule has 4 aromatic rings. The number of pyridine rings is 2. The molecular weight excluding hydrogens is 488 g/mol. The number of hydrogen-bond donors (Lipinski definition) is 3. The molecule has 4 heterocycles. The number of rotatable bonds is 7. The summed E-state index contributed by atoms with van der Waals surface area (Å²) in [6, 6.07) is 16.2. The summed E-state index contributed by atoms with van der Waals surface area (Å²) < 4.78 is 0. The fraction of sp³-hybridized carbons (Fsp3) is 0.290. The number of aromatic nitrogens is 4. The van der Waals surface area contributed by atoms with Crippen molar-refractivity contribution < 1.29 is 9.90 Å². The lowest BCUT2D eigenvalue weighted by molar-refractivity contribution is 0.0792. The molecule has 1 aliphatic carbocycles. The zero-order valence-corrected chi connectivity index (χ0v) is 21.8. The van der Waals surface area contributed by atoms with Gasteiger partial charge in [-0.1, -0.05) is 48.6 Å². The van der Waals surface area contributed by atoms with Crippen molar-refractivity contribution in [2.45, 2.75) is 44.2 Å². The van der Waals surface area contributed by atoms with Crippen LogP contribution in [-0.4, -0.2) is 55.3 Å². The topological polar surface area (TPSA) is 107 Å². The minimum Gasteiger partial charge on any atom is -0.393 e. The van der Waals surface area contributed by atoms with Crippen LogP contribution in [0.25, 0.3) is 12.2 Å². The molecular formula is C31H32N6O2. The third-order valence-corrected chi connectivity index (χ3v) is 7.51. The Morgan fingerprint density at radius 1 is 1.05 bits per heavy atom. The van der Waals surface area contributed by atoms with Crippen molar-refractivity contribution in [2.24, 2.45) is 0 Å². The Hall–Kier alpha value is -4.14. The minimum absolute atomic E-state index is 0.108. The number of aliphatic hydroxyl groups is 1. The van der Waals surface area contributed by atoms with E-state index in [4.69, 9.17) is 0 Å². The summed E-state index contributed by atoms with van der Waals surface area (Å²) in [5.41, 5.74) is 5.42. The third kappa shape index (κ3) is 5.97. The van der Waals surface area contributed by atoms with Gasteiger partial charge in [-0.15, -0.1) is 0 Å². The lowest BCUT2D eigenvalue weighted by Gasteiger charge is -2.29. The molecule has 1 unspecified atom stereocenters. The van der Waals surface area contributed by atoms with Crippen LogP contribution in [0, 0.1) is 0 Å². The number of aliphatic hydroxyl groups excluding tert-OH is 1. The van der Waals surface area contributed by atoms with Crippen LogP contribution in [0.2, 0.25) is 0 Å². The first-order valence-electron chi connectivity index (χ1n) is 13.5. The zero-order valence-electron chi connectivity index (χ0n) is 21.8. The number of benzene rings is 1. The standard InChI is InChI=1S/C31H32N6O2/c38-27-10-12-37(13-11-27)20-22-14-24(18-32-17-22)23-6-9-29-28(16-23)30(36-35-29)31(39)34-26-8-7-25(33-19-26)15-21-4-2-1-3-5-21/h1-5,7-9,14,16-19,23,27,35,38H,6,10-13,15,20H2,(H,34,39). The number of aromatic amines is 1. The molecule has 1 aromatic carbocycles.